The molecule has 1 aliphatic carbocycles. The Morgan fingerprint density at radius 1 is 1.00 bits per heavy atom. The third kappa shape index (κ3) is 4.44. The molecule has 32 heavy (non-hydrogen) atoms. The van der Waals surface area contributed by atoms with Crippen molar-refractivity contribution in [3.05, 3.63) is 71.1 Å². The molecular formula is C23H22N2O5S2. The quantitative estimate of drug-likeness (QED) is 0.540. The molecule has 1 aliphatic heterocycles. The molecule has 0 saturated heterocycles. The van der Waals surface area contributed by atoms with E-state index in [1.54, 1.807) is 41.8 Å². The van der Waals surface area contributed by atoms with Gasteiger partial charge in [-0.25, -0.2) is 8.42 Å². The van der Waals surface area contributed by atoms with Crippen molar-refractivity contribution in [1.82, 2.24) is 5.32 Å². The largest absolute Gasteiger partial charge is 0.486 e. The van der Waals surface area contributed by atoms with Crippen molar-refractivity contribution in [3.63, 3.8) is 0 Å². The number of carbonyl (C=O) groups excluding carboxylic acids is 1. The molecule has 1 aromatic heterocycles. The van der Waals surface area contributed by atoms with E-state index in [0.717, 1.165) is 35.5 Å². The minimum absolute atomic E-state index is 0.115. The third-order valence-corrected chi connectivity index (χ3v) is 8.24. The molecule has 1 unspecified atom stereocenters. The highest BCUT2D eigenvalue weighted by Gasteiger charge is 2.34. The summed E-state index contributed by atoms with van der Waals surface area (Å²) in [5, 5.41) is 4.84. The number of hydrogen-bond acceptors (Lipinski definition) is 6. The van der Waals surface area contributed by atoms with Crippen LogP contribution in [0.15, 0.2) is 64.2 Å². The van der Waals surface area contributed by atoms with Gasteiger partial charge in [0, 0.05) is 11.3 Å². The van der Waals surface area contributed by atoms with Crippen molar-refractivity contribution in [2.45, 2.75) is 23.1 Å². The van der Waals surface area contributed by atoms with E-state index in [1.165, 1.54) is 0 Å². The van der Waals surface area contributed by atoms with Crippen LogP contribution in [-0.2, 0) is 10.0 Å². The molecule has 2 aromatic carbocycles. The molecule has 2 heterocycles. The van der Waals surface area contributed by atoms with Gasteiger partial charge in [0.1, 0.15) is 17.4 Å². The number of amides is 1. The molecular weight excluding hydrogens is 448 g/mol. The molecule has 0 bridgehead atoms. The Morgan fingerprint density at radius 2 is 1.75 bits per heavy atom. The van der Waals surface area contributed by atoms with Crippen LogP contribution in [0.2, 0.25) is 0 Å². The molecule has 9 heteroatoms. The first-order valence-electron chi connectivity index (χ1n) is 10.4. The highest BCUT2D eigenvalue weighted by Crippen LogP contribution is 2.43. The Labute approximate surface area is 190 Å². The summed E-state index contributed by atoms with van der Waals surface area (Å²) in [6.45, 7) is 1.05. The SMILES string of the molecule is O=C(NC(c1ccc2c(c1)OCCO2)C1CC1)c1ccc(NS(=O)(=O)c2cccs2)cc1. The summed E-state index contributed by atoms with van der Waals surface area (Å²) in [4.78, 5) is 12.9. The Kier molecular flexibility index (Phi) is 5.52. The van der Waals surface area contributed by atoms with E-state index in [9.17, 15) is 13.2 Å². The van der Waals surface area contributed by atoms with Crippen LogP contribution >= 0.6 is 11.3 Å². The molecule has 2 N–H and O–H groups in total. The van der Waals surface area contributed by atoms with E-state index in [0.29, 0.717) is 36.1 Å². The normalized spacial score (nSPS) is 16.2. The Balaban J connectivity index is 1.29. The van der Waals surface area contributed by atoms with Crippen molar-refractivity contribution >= 4 is 33.0 Å². The maximum Gasteiger partial charge on any atom is 0.271 e. The van der Waals surface area contributed by atoms with Crippen molar-refractivity contribution < 1.29 is 22.7 Å². The zero-order chi connectivity index (χ0) is 22.1. The molecule has 2 aliphatic rings. The van der Waals surface area contributed by atoms with E-state index in [-0.39, 0.29) is 16.2 Å². The predicted octanol–water partition coefficient (Wildman–Crippen LogP) is 4.20. The molecule has 166 valence electrons. The molecule has 0 radical (unpaired) electrons. The minimum atomic E-state index is -3.62. The molecule has 0 spiro atoms. The molecule has 3 aromatic rings. The van der Waals surface area contributed by atoms with Gasteiger partial charge in [-0.1, -0.05) is 12.1 Å². The van der Waals surface area contributed by atoms with Crippen LogP contribution in [0.25, 0.3) is 0 Å². The maximum absolute atomic E-state index is 12.9. The highest BCUT2D eigenvalue weighted by atomic mass is 32.2. The lowest BCUT2D eigenvalue weighted by Crippen LogP contribution is -2.30. The van der Waals surface area contributed by atoms with Gasteiger partial charge in [0.15, 0.2) is 11.5 Å². The average molecular weight is 471 g/mol. The summed E-state index contributed by atoms with van der Waals surface area (Å²) >= 11 is 1.15. The Bertz CT molecular complexity index is 1220. The summed E-state index contributed by atoms with van der Waals surface area (Å²) in [6, 6.07) is 15.3. The van der Waals surface area contributed by atoms with E-state index in [2.05, 4.69) is 10.0 Å². The van der Waals surface area contributed by atoms with Gasteiger partial charge in [-0.3, -0.25) is 9.52 Å². The number of carbonyl (C=O) groups is 1. The van der Waals surface area contributed by atoms with Gasteiger partial charge in [0.05, 0.1) is 6.04 Å². The van der Waals surface area contributed by atoms with Crippen LogP contribution in [0.5, 0.6) is 11.5 Å². The Hall–Kier alpha value is -3.04. The number of sulfonamides is 1. The van der Waals surface area contributed by atoms with Gasteiger partial charge < -0.3 is 14.8 Å². The number of nitrogens with one attached hydrogen (secondary N) is 2. The number of fused-ring (bicyclic) bond motifs is 1. The zero-order valence-electron chi connectivity index (χ0n) is 17.1. The molecule has 1 fully saturated rings. The molecule has 5 rings (SSSR count). The fraction of sp³-hybridized carbons (Fsp3) is 0.261. The van der Waals surface area contributed by atoms with Gasteiger partial charge in [0.2, 0.25) is 0 Å². The van der Waals surface area contributed by atoms with E-state index < -0.39 is 10.0 Å². The van der Waals surface area contributed by atoms with Crippen LogP contribution < -0.4 is 19.5 Å². The van der Waals surface area contributed by atoms with Crippen molar-refractivity contribution in [2.24, 2.45) is 5.92 Å². The number of thiophene rings is 1. The second kappa shape index (κ2) is 8.48. The fourth-order valence-electron chi connectivity index (χ4n) is 3.69. The lowest BCUT2D eigenvalue weighted by atomic mass is 10.0. The summed E-state index contributed by atoms with van der Waals surface area (Å²) in [6.07, 6.45) is 2.12. The van der Waals surface area contributed by atoms with Gasteiger partial charge in [-0.2, -0.15) is 0 Å². The van der Waals surface area contributed by atoms with Crippen molar-refractivity contribution in [1.29, 1.82) is 0 Å². The first kappa shape index (κ1) is 20.8. The summed E-state index contributed by atoms with van der Waals surface area (Å²) in [5.41, 5.74) is 1.86. The topological polar surface area (TPSA) is 93.7 Å². The molecule has 1 amide bonds. The number of benzene rings is 2. The first-order valence-corrected chi connectivity index (χ1v) is 12.7. The minimum Gasteiger partial charge on any atom is -0.486 e. The van der Waals surface area contributed by atoms with Gasteiger partial charge >= 0.3 is 0 Å². The maximum atomic E-state index is 12.9. The number of rotatable bonds is 7. The molecule has 1 atom stereocenters. The van der Waals surface area contributed by atoms with Crippen LogP contribution in [-0.4, -0.2) is 27.5 Å². The summed E-state index contributed by atoms with van der Waals surface area (Å²) in [5.74, 6) is 1.61. The number of hydrogen-bond donors (Lipinski definition) is 2. The van der Waals surface area contributed by atoms with Crippen LogP contribution in [0, 0.1) is 5.92 Å². The third-order valence-electron chi connectivity index (χ3n) is 5.46. The average Bonchev–Trinajstić information content (AvgIpc) is 3.48. The van der Waals surface area contributed by atoms with Crippen LogP contribution in [0.3, 0.4) is 0 Å². The smallest absolute Gasteiger partial charge is 0.271 e. The molecule has 7 nitrogen and oxygen atoms in total. The van der Waals surface area contributed by atoms with E-state index >= 15 is 0 Å². The zero-order valence-corrected chi connectivity index (χ0v) is 18.7. The van der Waals surface area contributed by atoms with Crippen LogP contribution in [0.4, 0.5) is 5.69 Å². The van der Waals surface area contributed by atoms with Crippen LogP contribution in [0.1, 0.15) is 34.8 Å². The first-order chi connectivity index (χ1) is 15.5. The van der Waals surface area contributed by atoms with Gasteiger partial charge in [-0.15, -0.1) is 11.3 Å². The predicted molar refractivity (Wildman–Crippen MR) is 122 cm³/mol. The fourth-order valence-corrected chi connectivity index (χ4v) is 5.74. The second-order valence-electron chi connectivity index (χ2n) is 7.81. The van der Waals surface area contributed by atoms with Crippen molar-refractivity contribution in [3.8, 4) is 11.5 Å². The monoisotopic (exact) mass is 470 g/mol. The number of ether oxygens (including phenoxy) is 2. The number of anilines is 1. The van der Waals surface area contributed by atoms with Gasteiger partial charge in [-0.05, 0) is 72.2 Å². The molecule has 1 saturated carbocycles. The summed E-state index contributed by atoms with van der Waals surface area (Å²) in [7, 11) is -3.62. The highest BCUT2D eigenvalue weighted by molar-refractivity contribution is 7.94. The lowest BCUT2D eigenvalue weighted by molar-refractivity contribution is 0.0931. The van der Waals surface area contributed by atoms with Gasteiger partial charge in [0.25, 0.3) is 15.9 Å². The standard InChI is InChI=1S/C23H22N2O5S2/c26-23(16-5-8-18(9-6-16)25-32(27,28)21-2-1-13-31-21)24-22(15-3-4-15)17-7-10-19-20(14-17)30-12-11-29-19/h1-2,5-10,13-15,22,25H,3-4,11-12H2,(H,24,26). The van der Waals surface area contributed by atoms with E-state index in [4.69, 9.17) is 9.47 Å². The van der Waals surface area contributed by atoms with Crippen molar-refractivity contribution in [2.75, 3.05) is 17.9 Å². The second-order valence-corrected chi connectivity index (χ2v) is 10.7. The summed E-state index contributed by atoms with van der Waals surface area (Å²) < 4.78 is 38.8. The Morgan fingerprint density at radius 3 is 2.44 bits per heavy atom. The van der Waals surface area contributed by atoms with E-state index in [1.807, 2.05) is 18.2 Å². The lowest BCUT2D eigenvalue weighted by Gasteiger charge is -2.23.